The second-order valence-corrected chi connectivity index (χ2v) is 7.99. The molecule has 164 valence electrons. The number of hydrogen-bond acceptors (Lipinski definition) is 4. The Bertz CT molecular complexity index is 1040. The van der Waals surface area contributed by atoms with Crippen LogP contribution in [-0.2, 0) is 6.54 Å². The van der Waals surface area contributed by atoms with Crippen molar-refractivity contribution in [1.29, 1.82) is 0 Å². The molecule has 0 spiro atoms. The van der Waals surface area contributed by atoms with E-state index in [0.29, 0.717) is 12.5 Å². The first kappa shape index (κ1) is 21.4. The van der Waals surface area contributed by atoms with Gasteiger partial charge in [0.25, 0.3) is 0 Å². The highest BCUT2D eigenvalue weighted by Crippen LogP contribution is 2.32. The van der Waals surface area contributed by atoms with Gasteiger partial charge in [0.05, 0.1) is 12.6 Å². The third-order valence-electron chi connectivity index (χ3n) is 5.79. The number of rotatable bonds is 5. The van der Waals surface area contributed by atoms with E-state index in [0.717, 1.165) is 53.8 Å². The fraction of sp³-hybridized carbons (Fsp3) is 0.375. The van der Waals surface area contributed by atoms with Gasteiger partial charge in [-0.1, -0.05) is 12.1 Å². The lowest BCUT2D eigenvalue weighted by molar-refractivity contribution is -0.274. The van der Waals surface area contributed by atoms with Crippen LogP contribution in [0.15, 0.2) is 48.5 Å². The fourth-order valence-electron chi connectivity index (χ4n) is 4.23. The Labute approximate surface area is 179 Å². The Morgan fingerprint density at radius 2 is 1.68 bits per heavy atom. The average Bonchev–Trinajstić information content (AvgIpc) is 2.74. The first-order chi connectivity index (χ1) is 14.8. The van der Waals surface area contributed by atoms with Crippen LogP contribution in [0, 0.1) is 6.92 Å². The number of pyridine rings is 1. The SMILES string of the molecule is COc1ccc2cc(C)c(C3CCN(Cc4ccc(OC(F)(F)F)cc4)CC3)nc2c1. The molecule has 1 aliphatic rings. The minimum absolute atomic E-state index is 0.190. The third-order valence-corrected chi connectivity index (χ3v) is 5.79. The van der Waals surface area contributed by atoms with Crippen molar-refractivity contribution < 1.29 is 22.6 Å². The lowest BCUT2D eigenvalue weighted by Crippen LogP contribution is -2.32. The minimum Gasteiger partial charge on any atom is -0.497 e. The first-order valence-electron chi connectivity index (χ1n) is 10.3. The van der Waals surface area contributed by atoms with Crippen LogP contribution < -0.4 is 9.47 Å². The van der Waals surface area contributed by atoms with E-state index in [9.17, 15) is 13.2 Å². The van der Waals surface area contributed by atoms with Gasteiger partial charge in [-0.3, -0.25) is 9.88 Å². The standard InChI is InChI=1S/C24H25F3N2O2/c1-16-13-19-5-8-21(30-2)14-22(19)28-23(16)18-9-11-29(12-10-18)15-17-3-6-20(7-4-17)31-24(25,26)27/h3-8,13-14,18H,9-12,15H2,1-2H3. The second kappa shape index (κ2) is 8.75. The summed E-state index contributed by atoms with van der Waals surface area (Å²) in [7, 11) is 1.66. The van der Waals surface area contributed by atoms with Crippen molar-refractivity contribution >= 4 is 10.9 Å². The van der Waals surface area contributed by atoms with Crippen LogP contribution in [0.4, 0.5) is 13.2 Å². The number of nitrogens with zero attached hydrogens (tertiary/aromatic N) is 2. The molecule has 0 atom stereocenters. The lowest BCUT2D eigenvalue weighted by atomic mass is 9.90. The number of alkyl halides is 3. The van der Waals surface area contributed by atoms with Gasteiger partial charge in [-0.2, -0.15) is 0 Å². The Balaban J connectivity index is 1.39. The molecule has 1 aliphatic heterocycles. The molecule has 1 aromatic heterocycles. The number of aromatic nitrogens is 1. The zero-order valence-electron chi connectivity index (χ0n) is 17.6. The molecule has 4 nitrogen and oxygen atoms in total. The lowest BCUT2D eigenvalue weighted by Gasteiger charge is -2.32. The zero-order valence-corrected chi connectivity index (χ0v) is 17.6. The van der Waals surface area contributed by atoms with E-state index >= 15 is 0 Å². The highest BCUT2D eigenvalue weighted by atomic mass is 19.4. The summed E-state index contributed by atoms with van der Waals surface area (Å²) in [5.74, 6) is 1.01. The maximum atomic E-state index is 12.3. The van der Waals surface area contributed by atoms with Crippen LogP contribution in [0.2, 0.25) is 0 Å². The number of benzene rings is 2. The quantitative estimate of drug-likeness (QED) is 0.510. The number of fused-ring (bicyclic) bond motifs is 1. The van der Waals surface area contributed by atoms with Crippen LogP contribution in [0.25, 0.3) is 10.9 Å². The van der Waals surface area contributed by atoms with Crippen molar-refractivity contribution in [2.75, 3.05) is 20.2 Å². The van der Waals surface area contributed by atoms with Crippen LogP contribution >= 0.6 is 0 Å². The van der Waals surface area contributed by atoms with E-state index in [4.69, 9.17) is 9.72 Å². The molecular formula is C24H25F3N2O2. The van der Waals surface area contributed by atoms with E-state index in [1.807, 2.05) is 18.2 Å². The van der Waals surface area contributed by atoms with E-state index < -0.39 is 6.36 Å². The number of methoxy groups -OCH3 is 1. The number of likely N-dealkylation sites (tertiary alicyclic amines) is 1. The van der Waals surface area contributed by atoms with Crippen molar-refractivity contribution in [2.45, 2.75) is 38.6 Å². The molecule has 2 heterocycles. The van der Waals surface area contributed by atoms with E-state index in [1.54, 1.807) is 19.2 Å². The zero-order chi connectivity index (χ0) is 22.0. The summed E-state index contributed by atoms with van der Waals surface area (Å²) >= 11 is 0. The molecule has 31 heavy (non-hydrogen) atoms. The summed E-state index contributed by atoms with van der Waals surface area (Å²) in [5, 5.41) is 1.11. The average molecular weight is 430 g/mol. The van der Waals surface area contributed by atoms with Gasteiger partial charge in [0.1, 0.15) is 11.5 Å². The van der Waals surface area contributed by atoms with Gasteiger partial charge >= 0.3 is 6.36 Å². The maximum Gasteiger partial charge on any atom is 0.573 e. The molecule has 0 saturated carbocycles. The Kier molecular flexibility index (Phi) is 6.05. The largest absolute Gasteiger partial charge is 0.573 e. The molecule has 0 bridgehead atoms. The number of piperidine rings is 1. The maximum absolute atomic E-state index is 12.3. The molecule has 0 radical (unpaired) electrons. The van der Waals surface area contributed by atoms with Crippen LogP contribution in [0.3, 0.4) is 0 Å². The molecule has 7 heteroatoms. The van der Waals surface area contributed by atoms with Crippen molar-refractivity contribution in [3.8, 4) is 11.5 Å². The summed E-state index contributed by atoms with van der Waals surface area (Å²) in [4.78, 5) is 7.28. The summed E-state index contributed by atoms with van der Waals surface area (Å²) < 4.78 is 46.2. The van der Waals surface area contributed by atoms with Crippen molar-refractivity contribution in [2.24, 2.45) is 0 Å². The molecule has 1 fully saturated rings. The Morgan fingerprint density at radius 1 is 1.00 bits per heavy atom. The van der Waals surface area contributed by atoms with E-state index in [1.165, 1.54) is 17.7 Å². The Morgan fingerprint density at radius 3 is 2.32 bits per heavy atom. The van der Waals surface area contributed by atoms with Crippen LogP contribution in [0.1, 0.15) is 35.6 Å². The number of aryl methyl sites for hydroxylation is 1. The van der Waals surface area contributed by atoms with E-state index in [-0.39, 0.29) is 5.75 Å². The van der Waals surface area contributed by atoms with Gasteiger partial charge in [-0.05, 0) is 74.3 Å². The summed E-state index contributed by atoms with van der Waals surface area (Å²) in [6, 6.07) is 14.3. The topological polar surface area (TPSA) is 34.6 Å². The summed E-state index contributed by atoms with van der Waals surface area (Å²) in [6.45, 7) is 4.66. The molecule has 1 saturated heterocycles. The van der Waals surface area contributed by atoms with Gasteiger partial charge in [-0.25, -0.2) is 0 Å². The predicted molar refractivity (Wildman–Crippen MR) is 113 cm³/mol. The predicted octanol–water partition coefficient (Wildman–Crippen LogP) is 5.83. The number of halogens is 3. The third kappa shape index (κ3) is 5.28. The fourth-order valence-corrected chi connectivity index (χ4v) is 4.23. The molecule has 0 N–H and O–H groups in total. The first-order valence-corrected chi connectivity index (χ1v) is 10.3. The highest BCUT2D eigenvalue weighted by molar-refractivity contribution is 5.81. The minimum atomic E-state index is -4.66. The van der Waals surface area contributed by atoms with Crippen molar-refractivity contribution in [1.82, 2.24) is 9.88 Å². The van der Waals surface area contributed by atoms with Gasteiger partial charge in [-0.15, -0.1) is 13.2 Å². The molecule has 3 aromatic rings. The molecule has 0 unspecified atom stereocenters. The normalized spacial score (nSPS) is 15.9. The van der Waals surface area contributed by atoms with Crippen molar-refractivity contribution in [3.05, 3.63) is 65.4 Å². The molecule has 2 aromatic carbocycles. The monoisotopic (exact) mass is 430 g/mol. The number of hydrogen-bond donors (Lipinski definition) is 0. The number of ether oxygens (including phenoxy) is 2. The van der Waals surface area contributed by atoms with Gasteiger partial charge in [0, 0.05) is 29.6 Å². The van der Waals surface area contributed by atoms with Gasteiger partial charge < -0.3 is 9.47 Å². The van der Waals surface area contributed by atoms with E-state index in [2.05, 4.69) is 22.6 Å². The summed E-state index contributed by atoms with van der Waals surface area (Å²) in [5.41, 5.74) is 4.27. The second-order valence-electron chi connectivity index (χ2n) is 7.99. The van der Waals surface area contributed by atoms with Crippen LogP contribution in [-0.4, -0.2) is 36.4 Å². The van der Waals surface area contributed by atoms with Gasteiger partial charge in [0.15, 0.2) is 0 Å². The summed E-state index contributed by atoms with van der Waals surface area (Å²) in [6.07, 6.45) is -2.67. The smallest absolute Gasteiger partial charge is 0.497 e. The molecule has 0 aliphatic carbocycles. The molecule has 4 rings (SSSR count). The highest BCUT2D eigenvalue weighted by Gasteiger charge is 2.31. The molecular weight excluding hydrogens is 405 g/mol. The Hall–Kier alpha value is -2.80. The van der Waals surface area contributed by atoms with Gasteiger partial charge in [0.2, 0.25) is 0 Å². The van der Waals surface area contributed by atoms with Crippen LogP contribution in [0.5, 0.6) is 11.5 Å². The molecule has 0 amide bonds. The van der Waals surface area contributed by atoms with Crippen molar-refractivity contribution in [3.63, 3.8) is 0 Å².